The number of amides is 1. The van der Waals surface area contributed by atoms with Crippen LogP contribution in [-0.4, -0.2) is 81.0 Å². The van der Waals surface area contributed by atoms with Gasteiger partial charge in [0.1, 0.15) is 5.82 Å². The molecular weight excluding hydrogens is 527 g/mol. The first-order valence-electron chi connectivity index (χ1n) is 13.1. The summed E-state index contributed by atoms with van der Waals surface area (Å²) in [4.78, 5) is 22.8. The minimum absolute atomic E-state index is 0.0427. The predicted octanol–water partition coefficient (Wildman–Crippen LogP) is 3.90. The number of morpholine rings is 1. The van der Waals surface area contributed by atoms with Crippen LogP contribution < -0.4 is 4.90 Å². The molecule has 2 aliphatic rings. The highest BCUT2D eigenvalue weighted by Gasteiger charge is 2.35. The van der Waals surface area contributed by atoms with Gasteiger partial charge in [0.25, 0.3) is 0 Å². The van der Waals surface area contributed by atoms with E-state index in [4.69, 9.17) is 4.74 Å². The van der Waals surface area contributed by atoms with Crippen molar-refractivity contribution in [1.29, 1.82) is 0 Å². The van der Waals surface area contributed by atoms with Gasteiger partial charge < -0.3 is 4.74 Å². The van der Waals surface area contributed by atoms with Crippen LogP contribution in [0, 0.1) is 18.7 Å². The lowest BCUT2D eigenvalue weighted by molar-refractivity contribution is -0.123. The van der Waals surface area contributed by atoms with E-state index in [9.17, 15) is 17.6 Å². The van der Waals surface area contributed by atoms with Crippen LogP contribution in [0.2, 0.25) is 0 Å². The topological polar surface area (TPSA) is 83.1 Å². The van der Waals surface area contributed by atoms with Gasteiger partial charge in [-0.3, -0.25) is 14.6 Å². The number of benzene rings is 2. The molecule has 3 heterocycles. The van der Waals surface area contributed by atoms with Crippen molar-refractivity contribution in [3.63, 3.8) is 0 Å². The molecular formula is C27H33FN4O4S2. The number of sulfonamides is 1. The van der Waals surface area contributed by atoms with Crippen molar-refractivity contribution in [2.45, 2.75) is 31.1 Å². The molecule has 0 atom stereocenters. The second-order valence-electron chi connectivity index (χ2n) is 9.90. The Morgan fingerprint density at radius 3 is 2.53 bits per heavy atom. The molecule has 0 radical (unpaired) electrons. The maximum Gasteiger partial charge on any atom is 0.243 e. The normalized spacial score (nSPS) is 18.2. The van der Waals surface area contributed by atoms with E-state index in [1.54, 1.807) is 35.2 Å². The van der Waals surface area contributed by atoms with Gasteiger partial charge in [-0.05, 0) is 56.5 Å². The zero-order valence-corrected chi connectivity index (χ0v) is 23.1. The highest BCUT2D eigenvalue weighted by molar-refractivity contribution is 7.89. The van der Waals surface area contributed by atoms with E-state index < -0.39 is 10.0 Å². The number of hydrogen-bond donors (Lipinski definition) is 0. The molecule has 0 aliphatic carbocycles. The monoisotopic (exact) mass is 560 g/mol. The van der Waals surface area contributed by atoms with Crippen molar-refractivity contribution in [1.82, 2.24) is 14.2 Å². The van der Waals surface area contributed by atoms with Crippen LogP contribution in [0.3, 0.4) is 0 Å². The first-order chi connectivity index (χ1) is 18.3. The first kappa shape index (κ1) is 27.1. The summed E-state index contributed by atoms with van der Waals surface area (Å²) in [6.07, 6.45) is 1.67. The number of carbonyl (C=O) groups excluding carboxylic acids is 1. The predicted molar refractivity (Wildman–Crippen MR) is 146 cm³/mol. The molecule has 8 nitrogen and oxygen atoms in total. The van der Waals surface area contributed by atoms with E-state index in [-0.39, 0.29) is 22.5 Å². The third-order valence-electron chi connectivity index (χ3n) is 7.26. The molecule has 0 unspecified atom stereocenters. The third-order valence-corrected chi connectivity index (χ3v) is 10.2. The van der Waals surface area contributed by atoms with Gasteiger partial charge >= 0.3 is 0 Å². The summed E-state index contributed by atoms with van der Waals surface area (Å²) in [5.74, 6) is -0.675. The fourth-order valence-corrected chi connectivity index (χ4v) is 7.49. The van der Waals surface area contributed by atoms with Gasteiger partial charge in [0.05, 0.1) is 28.3 Å². The third kappa shape index (κ3) is 6.07. The molecule has 2 aliphatic heterocycles. The molecule has 0 saturated carbocycles. The number of aromatic nitrogens is 1. The van der Waals surface area contributed by atoms with E-state index >= 15 is 0 Å². The summed E-state index contributed by atoms with van der Waals surface area (Å²) in [6.45, 7) is 7.04. The molecule has 0 N–H and O–H groups in total. The number of piperidine rings is 1. The zero-order valence-electron chi connectivity index (χ0n) is 21.5. The average Bonchev–Trinajstić information content (AvgIpc) is 3.34. The number of aryl methyl sites for hydroxylation is 1. The number of thiazole rings is 1. The second kappa shape index (κ2) is 11.7. The molecule has 204 valence electrons. The van der Waals surface area contributed by atoms with E-state index in [1.165, 1.54) is 27.8 Å². The molecule has 5 rings (SSSR count). The fraction of sp³-hybridized carbons (Fsp3) is 0.481. The Morgan fingerprint density at radius 2 is 1.82 bits per heavy atom. The minimum Gasteiger partial charge on any atom is -0.379 e. The summed E-state index contributed by atoms with van der Waals surface area (Å²) in [7, 11) is -3.60. The summed E-state index contributed by atoms with van der Waals surface area (Å²) in [5, 5.41) is 0.562. The molecule has 0 spiro atoms. The Kier molecular flexibility index (Phi) is 8.39. The van der Waals surface area contributed by atoms with E-state index in [1.807, 2.05) is 6.92 Å². The van der Waals surface area contributed by atoms with Crippen LogP contribution in [0.15, 0.2) is 47.4 Å². The van der Waals surface area contributed by atoms with Crippen molar-refractivity contribution in [3.8, 4) is 0 Å². The SMILES string of the molecule is Cc1ccc(S(=O)(=O)N2CCC(C(=O)N(CCCN3CCOCC3)c3nc4ccc(F)cc4s3)CC2)cc1. The molecule has 11 heteroatoms. The number of rotatable bonds is 8. The quantitative estimate of drug-likeness (QED) is 0.416. The molecule has 2 aromatic carbocycles. The van der Waals surface area contributed by atoms with Gasteiger partial charge in [-0.2, -0.15) is 4.31 Å². The van der Waals surface area contributed by atoms with Crippen LogP contribution in [0.1, 0.15) is 24.8 Å². The number of fused-ring (bicyclic) bond motifs is 1. The van der Waals surface area contributed by atoms with Crippen LogP contribution in [0.25, 0.3) is 10.2 Å². The van der Waals surface area contributed by atoms with Crippen molar-refractivity contribution >= 4 is 42.6 Å². The summed E-state index contributed by atoms with van der Waals surface area (Å²) >= 11 is 1.32. The standard InChI is InChI=1S/C27H33FN4O4S2/c1-20-3-6-23(7-4-20)38(34,35)31-13-9-21(10-14-31)26(33)32(12-2-11-30-15-17-36-18-16-30)27-29-24-8-5-22(28)19-25(24)37-27/h3-8,19,21H,2,9-18H2,1H3. The lowest BCUT2D eigenvalue weighted by Gasteiger charge is -2.33. The van der Waals surface area contributed by atoms with Crippen molar-refractivity contribution < 1.29 is 22.3 Å². The van der Waals surface area contributed by atoms with Crippen molar-refractivity contribution in [2.75, 3.05) is 57.4 Å². The highest BCUT2D eigenvalue weighted by atomic mass is 32.2. The van der Waals surface area contributed by atoms with Gasteiger partial charge in [-0.25, -0.2) is 17.8 Å². The lowest BCUT2D eigenvalue weighted by atomic mass is 9.96. The number of anilines is 1. The Labute approximate surface area is 227 Å². The van der Waals surface area contributed by atoms with E-state index in [0.29, 0.717) is 47.8 Å². The molecule has 2 fully saturated rings. The van der Waals surface area contributed by atoms with Crippen molar-refractivity contribution in [3.05, 3.63) is 53.8 Å². The average molecular weight is 561 g/mol. The molecule has 0 bridgehead atoms. The van der Waals surface area contributed by atoms with Gasteiger partial charge in [0.15, 0.2) is 5.13 Å². The Balaban J connectivity index is 1.29. The van der Waals surface area contributed by atoms with Gasteiger partial charge in [0.2, 0.25) is 15.9 Å². The van der Waals surface area contributed by atoms with Crippen LogP contribution >= 0.6 is 11.3 Å². The Bertz CT molecular complexity index is 1370. The van der Waals surface area contributed by atoms with Crippen LogP contribution in [0.5, 0.6) is 0 Å². The minimum atomic E-state index is -3.60. The summed E-state index contributed by atoms with van der Waals surface area (Å²) < 4.78 is 47.7. The smallest absolute Gasteiger partial charge is 0.243 e. The second-order valence-corrected chi connectivity index (χ2v) is 12.8. The molecule has 2 saturated heterocycles. The summed E-state index contributed by atoms with van der Waals surface area (Å²) in [6, 6.07) is 11.3. The van der Waals surface area contributed by atoms with E-state index in [0.717, 1.165) is 44.8 Å². The fourth-order valence-electron chi connectivity index (χ4n) is 5.00. The number of halogens is 1. The Morgan fingerprint density at radius 1 is 1.11 bits per heavy atom. The van der Waals surface area contributed by atoms with E-state index in [2.05, 4.69) is 9.88 Å². The molecule has 3 aromatic rings. The highest BCUT2D eigenvalue weighted by Crippen LogP contribution is 2.32. The van der Waals surface area contributed by atoms with Crippen LogP contribution in [0.4, 0.5) is 9.52 Å². The number of ether oxygens (including phenoxy) is 1. The maximum absolute atomic E-state index is 13.8. The zero-order chi connectivity index (χ0) is 26.7. The molecule has 1 aromatic heterocycles. The maximum atomic E-state index is 13.8. The Hall–Kier alpha value is -2.44. The molecule has 1 amide bonds. The molecule has 38 heavy (non-hydrogen) atoms. The number of hydrogen-bond acceptors (Lipinski definition) is 7. The van der Waals surface area contributed by atoms with Crippen molar-refractivity contribution in [2.24, 2.45) is 5.92 Å². The van der Waals surface area contributed by atoms with Gasteiger partial charge in [-0.15, -0.1) is 0 Å². The first-order valence-corrected chi connectivity index (χ1v) is 15.3. The largest absolute Gasteiger partial charge is 0.379 e. The van der Waals surface area contributed by atoms with Gasteiger partial charge in [0, 0.05) is 45.2 Å². The summed E-state index contributed by atoms with van der Waals surface area (Å²) in [5.41, 5.74) is 1.66. The van der Waals surface area contributed by atoms with Crippen LogP contribution in [-0.2, 0) is 19.6 Å². The number of carbonyl (C=O) groups is 1. The number of nitrogens with zero attached hydrogens (tertiary/aromatic N) is 4. The lowest BCUT2D eigenvalue weighted by Crippen LogP contribution is -2.45. The van der Waals surface area contributed by atoms with Gasteiger partial charge in [-0.1, -0.05) is 29.0 Å².